The first-order valence-corrected chi connectivity index (χ1v) is 4.28. The maximum atomic E-state index is 11.3. The zero-order valence-electron chi connectivity index (χ0n) is 7.99. The predicted octanol–water partition coefficient (Wildman–Crippen LogP) is -1.45. The quantitative estimate of drug-likeness (QED) is 0.422. The largest absolute Gasteiger partial charge is 0.461 e. The van der Waals surface area contributed by atoms with Crippen molar-refractivity contribution in [2.45, 2.75) is 26.0 Å². The number of nitrogens with one attached hydrogen (secondary N) is 2. The first-order valence-electron chi connectivity index (χ1n) is 4.28. The Hall–Kier alpha value is -1.59. The van der Waals surface area contributed by atoms with Crippen LogP contribution in [0.25, 0.3) is 0 Å². The van der Waals surface area contributed by atoms with E-state index < -0.39 is 23.8 Å². The fraction of sp³-hybridized carbons (Fsp3) is 0.625. The molecule has 78 valence electrons. The summed E-state index contributed by atoms with van der Waals surface area (Å²) < 4.78 is 4.79. The standard InChI is InChI=1S/C8H12N2O4/c1-4(2)14-8(13)6-7(12)9-3-5(11)10-6/h4,6H,3H2,1-2H3,(H,9,12)(H,10,11). The lowest BCUT2D eigenvalue weighted by molar-refractivity contribution is -0.156. The molecule has 1 aliphatic rings. The van der Waals surface area contributed by atoms with Gasteiger partial charge in [0, 0.05) is 0 Å². The Kier molecular flexibility index (Phi) is 3.06. The third kappa shape index (κ3) is 2.45. The molecule has 1 aliphatic heterocycles. The van der Waals surface area contributed by atoms with Crippen LogP contribution in [0.1, 0.15) is 13.8 Å². The lowest BCUT2D eigenvalue weighted by atomic mass is 10.2. The molecule has 14 heavy (non-hydrogen) atoms. The van der Waals surface area contributed by atoms with Crippen LogP contribution < -0.4 is 10.6 Å². The van der Waals surface area contributed by atoms with E-state index in [1.807, 2.05) is 0 Å². The molecule has 0 aromatic heterocycles. The molecule has 6 heteroatoms. The van der Waals surface area contributed by atoms with Gasteiger partial charge in [-0.05, 0) is 13.8 Å². The van der Waals surface area contributed by atoms with Gasteiger partial charge in [0.2, 0.25) is 11.9 Å². The van der Waals surface area contributed by atoms with Crippen LogP contribution in [-0.2, 0) is 19.1 Å². The molecule has 0 aromatic rings. The molecule has 1 atom stereocenters. The highest BCUT2D eigenvalue weighted by molar-refractivity contribution is 6.08. The van der Waals surface area contributed by atoms with E-state index in [0.29, 0.717) is 0 Å². The Morgan fingerprint density at radius 2 is 2.14 bits per heavy atom. The molecule has 6 nitrogen and oxygen atoms in total. The number of carbonyl (C=O) groups excluding carboxylic acids is 3. The van der Waals surface area contributed by atoms with Crippen molar-refractivity contribution in [3.8, 4) is 0 Å². The summed E-state index contributed by atoms with van der Waals surface area (Å²) in [5.74, 6) is -1.66. The fourth-order valence-electron chi connectivity index (χ4n) is 1.01. The fourth-order valence-corrected chi connectivity index (χ4v) is 1.01. The van der Waals surface area contributed by atoms with E-state index >= 15 is 0 Å². The number of rotatable bonds is 2. The van der Waals surface area contributed by atoms with Gasteiger partial charge in [0.1, 0.15) is 0 Å². The zero-order chi connectivity index (χ0) is 10.7. The Bertz CT molecular complexity index is 275. The summed E-state index contributed by atoms with van der Waals surface area (Å²) in [7, 11) is 0. The molecule has 1 rings (SSSR count). The summed E-state index contributed by atoms with van der Waals surface area (Å²) in [4.78, 5) is 33.3. The molecule has 0 saturated carbocycles. The molecular weight excluding hydrogens is 188 g/mol. The second kappa shape index (κ2) is 4.08. The molecular formula is C8H12N2O4. The summed E-state index contributed by atoms with van der Waals surface area (Å²) >= 11 is 0. The molecule has 0 bridgehead atoms. The molecule has 0 radical (unpaired) electrons. The van der Waals surface area contributed by atoms with Gasteiger partial charge >= 0.3 is 5.97 Å². The van der Waals surface area contributed by atoms with Gasteiger partial charge in [-0.2, -0.15) is 0 Å². The second-order valence-corrected chi connectivity index (χ2v) is 3.20. The van der Waals surface area contributed by atoms with Gasteiger partial charge in [0.05, 0.1) is 12.6 Å². The third-order valence-electron chi connectivity index (χ3n) is 1.58. The predicted molar refractivity (Wildman–Crippen MR) is 46.2 cm³/mol. The minimum Gasteiger partial charge on any atom is -0.461 e. The lowest BCUT2D eigenvalue weighted by Gasteiger charge is -2.22. The molecule has 1 unspecified atom stereocenters. The van der Waals surface area contributed by atoms with E-state index in [-0.39, 0.29) is 12.6 Å². The maximum Gasteiger partial charge on any atom is 0.338 e. The molecule has 0 aliphatic carbocycles. The van der Waals surface area contributed by atoms with Crippen molar-refractivity contribution in [1.29, 1.82) is 0 Å². The zero-order valence-corrected chi connectivity index (χ0v) is 7.99. The molecule has 1 fully saturated rings. The van der Waals surface area contributed by atoms with E-state index in [1.54, 1.807) is 13.8 Å². The SMILES string of the molecule is CC(C)OC(=O)C1NC(=O)CNC1=O. The van der Waals surface area contributed by atoms with Gasteiger partial charge in [-0.3, -0.25) is 9.59 Å². The topological polar surface area (TPSA) is 84.5 Å². The van der Waals surface area contributed by atoms with Crippen molar-refractivity contribution in [3.05, 3.63) is 0 Å². The number of ether oxygens (including phenoxy) is 1. The first kappa shape index (κ1) is 10.5. The summed E-state index contributed by atoms with van der Waals surface area (Å²) in [6.07, 6.45) is -0.311. The van der Waals surface area contributed by atoms with Crippen molar-refractivity contribution >= 4 is 17.8 Å². The maximum absolute atomic E-state index is 11.3. The van der Waals surface area contributed by atoms with Gasteiger partial charge in [-0.15, -0.1) is 0 Å². The highest BCUT2D eigenvalue weighted by atomic mass is 16.5. The average molecular weight is 200 g/mol. The van der Waals surface area contributed by atoms with E-state index in [0.717, 1.165) is 0 Å². The van der Waals surface area contributed by atoms with E-state index in [4.69, 9.17) is 4.74 Å². The smallest absolute Gasteiger partial charge is 0.338 e. The normalized spacial score (nSPS) is 21.5. The van der Waals surface area contributed by atoms with Crippen LogP contribution in [0, 0.1) is 0 Å². The first-order chi connectivity index (χ1) is 6.50. The average Bonchev–Trinajstić information content (AvgIpc) is 2.08. The highest BCUT2D eigenvalue weighted by Crippen LogP contribution is 1.97. The van der Waals surface area contributed by atoms with Gasteiger partial charge in [0.25, 0.3) is 5.91 Å². The van der Waals surface area contributed by atoms with Gasteiger partial charge in [0.15, 0.2) is 0 Å². The summed E-state index contributed by atoms with van der Waals surface area (Å²) in [5.41, 5.74) is 0. The van der Waals surface area contributed by atoms with Crippen LogP contribution in [0.15, 0.2) is 0 Å². The van der Waals surface area contributed by atoms with Crippen LogP contribution >= 0.6 is 0 Å². The Morgan fingerprint density at radius 1 is 1.50 bits per heavy atom. The number of amides is 2. The van der Waals surface area contributed by atoms with Crippen LogP contribution in [0.4, 0.5) is 0 Å². The number of esters is 1. The third-order valence-corrected chi connectivity index (χ3v) is 1.58. The van der Waals surface area contributed by atoms with Gasteiger partial charge < -0.3 is 15.4 Å². The number of hydrogen-bond donors (Lipinski definition) is 2. The monoisotopic (exact) mass is 200 g/mol. The van der Waals surface area contributed by atoms with Gasteiger partial charge in [-0.25, -0.2) is 4.79 Å². The van der Waals surface area contributed by atoms with Crippen LogP contribution in [0.3, 0.4) is 0 Å². The van der Waals surface area contributed by atoms with E-state index in [2.05, 4.69) is 10.6 Å². The Morgan fingerprint density at radius 3 is 2.71 bits per heavy atom. The molecule has 1 saturated heterocycles. The number of hydrogen-bond acceptors (Lipinski definition) is 4. The molecule has 0 spiro atoms. The molecule has 2 amide bonds. The van der Waals surface area contributed by atoms with Crippen LogP contribution in [0.5, 0.6) is 0 Å². The number of carbonyl (C=O) groups is 3. The second-order valence-electron chi connectivity index (χ2n) is 3.20. The lowest BCUT2D eigenvalue weighted by Crippen LogP contribution is -2.60. The minimum atomic E-state index is -1.21. The van der Waals surface area contributed by atoms with Crippen molar-refractivity contribution in [1.82, 2.24) is 10.6 Å². The van der Waals surface area contributed by atoms with E-state index in [1.165, 1.54) is 0 Å². The molecule has 1 heterocycles. The van der Waals surface area contributed by atoms with Crippen molar-refractivity contribution < 1.29 is 19.1 Å². The number of piperazine rings is 1. The minimum absolute atomic E-state index is 0.0930. The van der Waals surface area contributed by atoms with Crippen LogP contribution in [0.2, 0.25) is 0 Å². The summed E-state index contributed by atoms with van der Waals surface area (Å²) in [6, 6.07) is -1.21. The molecule has 2 N–H and O–H groups in total. The van der Waals surface area contributed by atoms with Crippen LogP contribution in [-0.4, -0.2) is 36.5 Å². The summed E-state index contributed by atoms with van der Waals surface area (Å²) in [6.45, 7) is 3.24. The van der Waals surface area contributed by atoms with Crippen molar-refractivity contribution in [2.75, 3.05) is 6.54 Å². The van der Waals surface area contributed by atoms with Crippen molar-refractivity contribution in [3.63, 3.8) is 0 Å². The Balaban J connectivity index is 2.60. The van der Waals surface area contributed by atoms with Gasteiger partial charge in [-0.1, -0.05) is 0 Å². The van der Waals surface area contributed by atoms with Crippen molar-refractivity contribution in [2.24, 2.45) is 0 Å². The molecule has 0 aromatic carbocycles. The van der Waals surface area contributed by atoms with E-state index in [9.17, 15) is 14.4 Å². The summed E-state index contributed by atoms with van der Waals surface area (Å²) in [5, 5.41) is 4.53. The Labute approximate surface area is 81.0 Å². The highest BCUT2D eigenvalue weighted by Gasteiger charge is 2.33.